The lowest BCUT2D eigenvalue weighted by Gasteiger charge is -2.23. The Hall–Kier alpha value is -0.200. The third-order valence-electron chi connectivity index (χ3n) is 4.04. The summed E-state index contributed by atoms with van der Waals surface area (Å²) in [6.45, 7) is 2.56. The van der Waals surface area contributed by atoms with Crippen LogP contribution in [0, 0.1) is 0 Å². The first-order chi connectivity index (χ1) is 10.2. The van der Waals surface area contributed by atoms with Crippen molar-refractivity contribution < 1.29 is 24.8 Å². The number of rotatable bonds is 12. The van der Waals surface area contributed by atoms with Gasteiger partial charge < -0.3 is 24.8 Å². The summed E-state index contributed by atoms with van der Waals surface area (Å²) in [4.78, 5) is 0. The van der Waals surface area contributed by atoms with E-state index in [2.05, 4.69) is 6.92 Å². The molecule has 0 aliphatic carbocycles. The van der Waals surface area contributed by atoms with Crippen molar-refractivity contribution in [3.8, 4) is 0 Å². The van der Waals surface area contributed by atoms with Gasteiger partial charge in [0.1, 0.15) is 24.4 Å². The second-order valence-corrected chi connectivity index (χ2v) is 5.93. The van der Waals surface area contributed by atoms with Gasteiger partial charge in [-0.15, -0.1) is 0 Å². The van der Waals surface area contributed by atoms with Crippen LogP contribution in [0.15, 0.2) is 0 Å². The molecule has 1 heterocycles. The fraction of sp³-hybridized carbons (Fsp3) is 1.00. The van der Waals surface area contributed by atoms with E-state index in [0.29, 0.717) is 6.61 Å². The summed E-state index contributed by atoms with van der Waals surface area (Å²) < 4.78 is 10.9. The fourth-order valence-corrected chi connectivity index (χ4v) is 2.71. The van der Waals surface area contributed by atoms with Gasteiger partial charge in [0.25, 0.3) is 0 Å². The van der Waals surface area contributed by atoms with E-state index in [0.717, 1.165) is 12.8 Å². The van der Waals surface area contributed by atoms with Gasteiger partial charge in [-0.05, 0) is 6.42 Å². The highest BCUT2D eigenvalue weighted by atomic mass is 16.6. The Bertz CT molecular complexity index is 249. The molecule has 0 amide bonds. The molecule has 3 N–H and O–H groups in total. The predicted molar refractivity (Wildman–Crippen MR) is 81.2 cm³/mol. The van der Waals surface area contributed by atoms with Gasteiger partial charge in [-0.3, -0.25) is 0 Å². The van der Waals surface area contributed by atoms with E-state index in [1.54, 1.807) is 0 Å². The molecule has 0 aromatic carbocycles. The zero-order valence-corrected chi connectivity index (χ0v) is 13.2. The van der Waals surface area contributed by atoms with Gasteiger partial charge in [0.05, 0.1) is 13.2 Å². The van der Waals surface area contributed by atoms with Gasteiger partial charge in [0.15, 0.2) is 0 Å². The minimum atomic E-state index is -0.995. The molecule has 1 rings (SSSR count). The number of aliphatic hydroxyl groups excluding tert-OH is 3. The number of hydrogen-bond donors (Lipinski definition) is 3. The van der Waals surface area contributed by atoms with Crippen molar-refractivity contribution in [2.75, 3.05) is 19.8 Å². The van der Waals surface area contributed by atoms with Gasteiger partial charge in [-0.1, -0.05) is 51.9 Å². The van der Waals surface area contributed by atoms with Crippen molar-refractivity contribution in [2.45, 2.75) is 82.7 Å². The van der Waals surface area contributed by atoms with Crippen LogP contribution >= 0.6 is 0 Å². The maximum Gasteiger partial charge on any atom is 0.114 e. The maximum absolute atomic E-state index is 9.78. The molecule has 1 aliphatic heterocycles. The normalized spacial score (nSPS) is 27.1. The van der Waals surface area contributed by atoms with Crippen molar-refractivity contribution in [3.05, 3.63) is 0 Å². The number of hydrogen-bond acceptors (Lipinski definition) is 5. The van der Waals surface area contributed by atoms with Crippen LogP contribution in [0.5, 0.6) is 0 Å². The Labute approximate surface area is 128 Å². The molecule has 5 heteroatoms. The van der Waals surface area contributed by atoms with E-state index in [1.165, 1.54) is 38.5 Å². The standard InChI is InChI=1S/C16H32O5/c1-2-3-4-5-6-7-8-9-10-20-16-14(19)12-21-15(16)13(18)11-17/h13-19H,2-12H2,1H3/t13-,14+,15-,16-/m1/s1. The van der Waals surface area contributed by atoms with Crippen LogP contribution < -0.4 is 0 Å². The molecule has 21 heavy (non-hydrogen) atoms. The van der Waals surface area contributed by atoms with Crippen LogP contribution in [0.1, 0.15) is 58.3 Å². The molecule has 1 fully saturated rings. The third kappa shape index (κ3) is 7.06. The zero-order chi connectivity index (χ0) is 15.5. The maximum atomic E-state index is 9.78. The predicted octanol–water partition coefficient (Wildman–Crippen LogP) is 1.63. The lowest BCUT2D eigenvalue weighted by Crippen LogP contribution is -2.42. The average molecular weight is 304 g/mol. The zero-order valence-electron chi connectivity index (χ0n) is 13.2. The van der Waals surface area contributed by atoms with Gasteiger partial charge >= 0.3 is 0 Å². The summed E-state index contributed by atoms with van der Waals surface area (Å²) in [6, 6.07) is 0. The second-order valence-electron chi connectivity index (χ2n) is 5.93. The Morgan fingerprint density at radius 3 is 2.33 bits per heavy atom. The van der Waals surface area contributed by atoms with Gasteiger partial charge in [-0.25, -0.2) is 0 Å². The molecule has 0 bridgehead atoms. The Morgan fingerprint density at radius 2 is 1.71 bits per heavy atom. The molecular formula is C16H32O5. The lowest BCUT2D eigenvalue weighted by atomic mass is 10.1. The molecule has 126 valence electrons. The summed E-state index contributed by atoms with van der Waals surface area (Å²) in [5, 5.41) is 28.4. The average Bonchev–Trinajstić information content (AvgIpc) is 2.86. The topological polar surface area (TPSA) is 79.2 Å². The van der Waals surface area contributed by atoms with Crippen molar-refractivity contribution >= 4 is 0 Å². The minimum absolute atomic E-state index is 0.157. The molecule has 0 radical (unpaired) electrons. The van der Waals surface area contributed by atoms with Gasteiger partial charge in [0.2, 0.25) is 0 Å². The highest BCUT2D eigenvalue weighted by molar-refractivity contribution is 4.89. The van der Waals surface area contributed by atoms with Gasteiger partial charge in [0, 0.05) is 6.61 Å². The summed E-state index contributed by atoms with van der Waals surface area (Å²) in [7, 11) is 0. The molecule has 1 aliphatic rings. The van der Waals surface area contributed by atoms with Crippen LogP contribution in [-0.2, 0) is 9.47 Å². The van der Waals surface area contributed by atoms with Crippen LogP contribution in [0.3, 0.4) is 0 Å². The smallest absolute Gasteiger partial charge is 0.114 e. The van der Waals surface area contributed by atoms with Crippen LogP contribution in [0.4, 0.5) is 0 Å². The van der Waals surface area contributed by atoms with Crippen molar-refractivity contribution in [1.82, 2.24) is 0 Å². The Kier molecular flexibility index (Phi) is 10.2. The quantitative estimate of drug-likeness (QED) is 0.478. The molecule has 4 atom stereocenters. The Morgan fingerprint density at radius 1 is 1.10 bits per heavy atom. The number of unbranched alkanes of at least 4 members (excludes halogenated alkanes) is 7. The van der Waals surface area contributed by atoms with Crippen LogP contribution in [0.25, 0.3) is 0 Å². The van der Waals surface area contributed by atoms with E-state index >= 15 is 0 Å². The van der Waals surface area contributed by atoms with E-state index in [1.807, 2.05) is 0 Å². The molecule has 0 aromatic heterocycles. The summed E-state index contributed by atoms with van der Waals surface area (Å²) in [5.41, 5.74) is 0. The molecule has 1 saturated heterocycles. The highest BCUT2D eigenvalue weighted by Gasteiger charge is 2.40. The van der Waals surface area contributed by atoms with E-state index in [9.17, 15) is 10.2 Å². The highest BCUT2D eigenvalue weighted by Crippen LogP contribution is 2.21. The first-order valence-corrected chi connectivity index (χ1v) is 8.40. The monoisotopic (exact) mass is 304 g/mol. The fourth-order valence-electron chi connectivity index (χ4n) is 2.71. The van der Waals surface area contributed by atoms with E-state index in [4.69, 9.17) is 14.6 Å². The van der Waals surface area contributed by atoms with E-state index < -0.39 is 24.4 Å². The minimum Gasteiger partial charge on any atom is -0.394 e. The third-order valence-corrected chi connectivity index (χ3v) is 4.04. The van der Waals surface area contributed by atoms with Crippen molar-refractivity contribution in [2.24, 2.45) is 0 Å². The summed E-state index contributed by atoms with van der Waals surface area (Å²) in [6.07, 6.45) is 6.97. The van der Waals surface area contributed by atoms with Crippen molar-refractivity contribution in [3.63, 3.8) is 0 Å². The number of aliphatic hydroxyl groups is 3. The summed E-state index contributed by atoms with van der Waals surface area (Å²) >= 11 is 0. The van der Waals surface area contributed by atoms with Crippen molar-refractivity contribution in [1.29, 1.82) is 0 Å². The van der Waals surface area contributed by atoms with Crippen LogP contribution in [-0.4, -0.2) is 59.6 Å². The van der Waals surface area contributed by atoms with Crippen LogP contribution in [0.2, 0.25) is 0 Å². The second kappa shape index (κ2) is 11.4. The molecule has 0 unspecified atom stereocenters. The molecule has 0 spiro atoms. The molecule has 5 nitrogen and oxygen atoms in total. The first kappa shape index (κ1) is 18.8. The molecule has 0 aromatic rings. The largest absolute Gasteiger partial charge is 0.394 e. The summed E-state index contributed by atoms with van der Waals surface area (Å²) in [5.74, 6) is 0. The SMILES string of the molecule is CCCCCCCCCCO[C@H]1[C@@H]([C@H](O)CO)OC[C@@H]1O. The molecule has 0 saturated carbocycles. The Balaban J connectivity index is 2.05. The lowest BCUT2D eigenvalue weighted by molar-refractivity contribution is -0.0938. The first-order valence-electron chi connectivity index (χ1n) is 8.40. The van der Waals surface area contributed by atoms with E-state index in [-0.39, 0.29) is 13.2 Å². The number of ether oxygens (including phenoxy) is 2. The molecular weight excluding hydrogens is 272 g/mol. The van der Waals surface area contributed by atoms with Gasteiger partial charge in [-0.2, -0.15) is 0 Å².